The Hall–Kier alpha value is -11.9. The number of para-hydroxylation sites is 7. The van der Waals surface area contributed by atoms with E-state index in [-0.39, 0.29) is 53.3 Å². The molecule has 0 aliphatic carbocycles. The van der Waals surface area contributed by atoms with Crippen molar-refractivity contribution in [2.45, 2.75) is 24.5 Å². The van der Waals surface area contributed by atoms with Gasteiger partial charge in [-0.25, -0.2) is 23.7 Å². The number of hydrogen-bond acceptors (Lipinski definition) is 2. The van der Waals surface area contributed by atoms with Crippen molar-refractivity contribution in [1.82, 2.24) is 37.4 Å². The maximum Gasteiger partial charge on any atom is 0.188 e. The standard InChI is InChI=1S/C50H35N4.C45H33N4.2Pt/c1-36-30-31-51-49(32-36)54-45-25-12-11-24-43(45)44-29-28-40(34-48(44)54)50(37-16-5-2-6-17-37,38-18-7-3-8-19-38)39-20-15-23-42(33-39)53-35-52(41-21-9-4-10-22-41)46-26-13-14-27-47(46)53;1-32-26-27-46-44(28-32)49-40-21-10-9-20-38(40)39-25-24-36(30-43(39)49)45(33-14-5-3-6-15-33,34-16-7-4-8-17-34)35-18-13-19-37(29-35)48-31-47(2)41-22-11-12-23-42(41)48;;/h2-32,35H,1H3;3-28,31H,1-2H3;;/q2*-1;;/i1D3;1D3,2D3;;. The quantitative estimate of drug-likeness (QED) is 0.0853. The van der Waals surface area contributed by atoms with Crippen LogP contribution in [0.15, 0.2) is 359 Å². The summed E-state index contributed by atoms with van der Waals surface area (Å²) >= 11 is 0. The summed E-state index contributed by atoms with van der Waals surface area (Å²) in [5.41, 5.74) is 15.6. The van der Waals surface area contributed by atoms with Crippen LogP contribution in [0.4, 0.5) is 0 Å². The average molecular weight is 1720 g/mol. The van der Waals surface area contributed by atoms with E-state index in [1.54, 1.807) is 36.9 Å². The molecule has 6 heterocycles. The molecule has 6 aromatic heterocycles. The normalized spacial score (nSPS) is 13.2. The van der Waals surface area contributed by atoms with Crippen LogP contribution in [0.3, 0.4) is 0 Å². The summed E-state index contributed by atoms with van der Waals surface area (Å²) in [4.78, 5) is 9.43. The number of benzene rings is 13. The van der Waals surface area contributed by atoms with E-state index >= 15 is 0 Å². The van der Waals surface area contributed by atoms with E-state index in [0.717, 1.165) is 116 Å². The predicted octanol–water partition coefficient (Wildman–Crippen LogP) is 21.5. The molecule has 0 amide bonds. The maximum atomic E-state index is 8.27. The van der Waals surface area contributed by atoms with Crippen molar-refractivity contribution in [2.24, 2.45) is 6.98 Å². The molecule has 19 aromatic rings. The summed E-state index contributed by atoms with van der Waals surface area (Å²) in [5, 5.41) is 3.96. The fourth-order valence-corrected chi connectivity index (χ4v) is 15.4. The van der Waals surface area contributed by atoms with Gasteiger partial charge in [0.15, 0.2) is 34.7 Å². The molecule has 0 atom stereocenters. The molecule has 510 valence electrons. The minimum absolute atomic E-state index is 0. The number of fused-ring (bicyclic) bond motifs is 8. The van der Waals surface area contributed by atoms with Crippen LogP contribution >= 0.6 is 0 Å². The second-order valence-electron chi connectivity index (χ2n) is 25.7. The SMILES string of the molecule is [2H]C([2H])([2H])c1ccnc(-n2c3[c-]c(C(c4[c-]c(-n5[cH+]n(-c6ccccc6)c6ccccc65)ccc4)(c4ccccc4)c4ccccc4)ccc3c3ccccc32)c1.[2H]C([2H])([2H])c1ccnc(-n2c3[c-]c(C(c4[c-]c(-n5[cH+]n(C([2H])([2H])[2H])c6ccccc65)ccc4)(c4ccccc4)c4ccccc4)ccc3c3ccccc32)c1.[Pt].[Pt]. The molecule has 0 spiro atoms. The molecular weight excluding hydrogens is 1640 g/mol. The fraction of sp³-hybridized carbons (Fsp3) is 0.0526. The number of nitrogens with zero attached hydrogens (tertiary/aromatic N) is 8. The number of imidazole rings is 2. The minimum Gasteiger partial charge on any atom is -0.319 e. The van der Waals surface area contributed by atoms with Gasteiger partial charge in [0.1, 0.15) is 17.3 Å². The molecule has 0 unspecified atom stereocenters. The van der Waals surface area contributed by atoms with E-state index in [0.29, 0.717) is 22.8 Å². The first-order chi connectivity index (χ1) is 54.5. The van der Waals surface area contributed by atoms with Crippen LogP contribution in [0.2, 0.25) is 0 Å². The first-order valence-corrected chi connectivity index (χ1v) is 34.2. The topological polar surface area (TPSA) is 55.4 Å². The Balaban J connectivity index is 0.000000169. The molecular formula is C95H68N8Pt2-2. The first kappa shape index (κ1) is 57.6. The van der Waals surface area contributed by atoms with Gasteiger partial charge < -0.3 is 9.13 Å². The molecule has 10 heteroatoms. The Morgan fingerprint density at radius 3 is 1.10 bits per heavy atom. The van der Waals surface area contributed by atoms with Crippen molar-refractivity contribution in [3.05, 3.63) is 439 Å². The van der Waals surface area contributed by atoms with E-state index in [1.807, 2.05) is 135 Å². The Morgan fingerprint density at radius 1 is 0.314 bits per heavy atom. The second-order valence-corrected chi connectivity index (χ2v) is 25.7. The van der Waals surface area contributed by atoms with Crippen LogP contribution in [0.1, 0.15) is 68.0 Å². The molecule has 0 aliphatic heterocycles. The van der Waals surface area contributed by atoms with E-state index < -0.39 is 31.5 Å². The van der Waals surface area contributed by atoms with Crippen LogP contribution in [0.25, 0.3) is 94.4 Å². The van der Waals surface area contributed by atoms with Crippen LogP contribution < -0.4 is 0 Å². The van der Waals surface area contributed by atoms with Crippen molar-refractivity contribution < 1.29 is 54.5 Å². The summed E-state index contributed by atoms with van der Waals surface area (Å²) < 4.78 is 85.4. The molecule has 105 heavy (non-hydrogen) atoms. The van der Waals surface area contributed by atoms with Gasteiger partial charge in [-0.1, -0.05) is 205 Å². The van der Waals surface area contributed by atoms with E-state index in [2.05, 4.69) is 228 Å². The van der Waals surface area contributed by atoms with Crippen LogP contribution in [0.5, 0.6) is 0 Å². The Bertz CT molecular complexity index is 6660. The number of rotatable bonds is 13. The summed E-state index contributed by atoms with van der Waals surface area (Å²) in [6, 6.07) is 127. The third kappa shape index (κ3) is 11.6. The monoisotopic (exact) mass is 1720 g/mol. The molecule has 0 radical (unpaired) electrons. The molecule has 8 nitrogen and oxygen atoms in total. The van der Waals surface area contributed by atoms with Crippen LogP contribution in [-0.4, -0.2) is 37.4 Å². The van der Waals surface area contributed by atoms with Crippen LogP contribution in [0, 0.1) is 38.0 Å². The van der Waals surface area contributed by atoms with Gasteiger partial charge in [-0.3, -0.25) is 0 Å². The summed E-state index contributed by atoms with van der Waals surface area (Å²) in [6.07, 6.45) is 6.88. The third-order valence-electron chi connectivity index (χ3n) is 19.9. The zero-order valence-electron chi connectivity index (χ0n) is 65.3. The van der Waals surface area contributed by atoms with Crippen molar-refractivity contribution in [3.63, 3.8) is 0 Å². The summed E-state index contributed by atoms with van der Waals surface area (Å²) in [7, 11) is 0. The van der Waals surface area contributed by atoms with Gasteiger partial charge in [0, 0.05) is 131 Å². The van der Waals surface area contributed by atoms with Crippen molar-refractivity contribution >= 4 is 65.7 Å². The molecule has 0 N–H and O–H groups in total. The molecule has 0 bridgehead atoms. The number of aromatic nitrogens is 8. The Labute approximate surface area is 651 Å². The molecule has 0 fully saturated rings. The van der Waals surface area contributed by atoms with Gasteiger partial charge in [-0.15, -0.1) is 51.2 Å². The summed E-state index contributed by atoms with van der Waals surface area (Å²) in [5.74, 6) is 1.00. The molecule has 13 aromatic carbocycles. The van der Waals surface area contributed by atoms with Crippen molar-refractivity contribution in [3.8, 4) is 28.7 Å². The smallest absolute Gasteiger partial charge is 0.188 e. The number of pyridine rings is 2. The summed E-state index contributed by atoms with van der Waals surface area (Å²) in [6.45, 7) is -6.98. The molecule has 0 saturated heterocycles. The largest absolute Gasteiger partial charge is 0.319 e. The van der Waals surface area contributed by atoms with Gasteiger partial charge in [0.2, 0.25) is 0 Å². The van der Waals surface area contributed by atoms with Crippen molar-refractivity contribution in [2.75, 3.05) is 0 Å². The van der Waals surface area contributed by atoms with E-state index in [4.69, 9.17) is 22.3 Å². The predicted molar refractivity (Wildman–Crippen MR) is 419 cm³/mol. The molecule has 0 aliphatic rings. The average Bonchev–Trinajstić information content (AvgIpc) is 1.47. The van der Waals surface area contributed by atoms with Crippen LogP contribution in [-0.2, 0) is 59.9 Å². The van der Waals surface area contributed by atoms with E-state index in [9.17, 15) is 0 Å². The fourth-order valence-electron chi connectivity index (χ4n) is 15.4. The Morgan fingerprint density at radius 2 is 0.676 bits per heavy atom. The van der Waals surface area contributed by atoms with Gasteiger partial charge in [-0.05, 0) is 119 Å². The second kappa shape index (κ2) is 28.4. The van der Waals surface area contributed by atoms with Gasteiger partial charge in [-0.2, -0.15) is 65.2 Å². The molecule has 0 saturated carbocycles. The van der Waals surface area contributed by atoms with Gasteiger partial charge >= 0.3 is 0 Å². The minimum atomic E-state index is -2.39. The zero-order chi connectivity index (χ0) is 76.5. The van der Waals surface area contributed by atoms with E-state index in [1.165, 1.54) is 10.6 Å². The third-order valence-corrected chi connectivity index (χ3v) is 19.9. The maximum absolute atomic E-state index is 8.27. The number of hydrogen-bond donors (Lipinski definition) is 0. The number of aryl methyl sites for hydroxylation is 3. The first-order valence-electron chi connectivity index (χ1n) is 38.7. The van der Waals surface area contributed by atoms with Gasteiger partial charge in [0.25, 0.3) is 0 Å². The zero-order valence-corrected chi connectivity index (χ0v) is 60.8. The van der Waals surface area contributed by atoms with Gasteiger partial charge in [0.05, 0.1) is 0 Å². The van der Waals surface area contributed by atoms with Crippen molar-refractivity contribution in [1.29, 1.82) is 0 Å². The Kier molecular flexibility index (Phi) is 15.6. The molecule has 19 rings (SSSR count).